The van der Waals surface area contributed by atoms with E-state index < -0.39 is 15.9 Å². The van der Waals surface area contributed by atoms with E-state index in [0.29, 0.717) is 12.1 Å². The van der Waals surface area contributed by atoms with E-state index in [2.05, 4.69) is 10.6 Å². The fourth-order valence-corrected chi connectivity index (χ4v) is 5.83. The lowest BCUT2D eigenvalue weighted by molar-refractivity contribution is 0.0835. The van der Waals surface area contributed by atoms with Gasteiger partial charge in [-0.1, -0.05) is 0 Å². The molecule has 2 saturated heterocycles. The highest BCUT2D eigenvalue weighted by Crippen LogP contribution is 2.31. The SMILES string of the molecule is COCCN1C(=O)c2ccc(C(=O)NC3CC4CCC(C3)N4)cc2S1(=O)=O.Cl. The third-order valence-corrected chi connectivity index (χ3v) is 7.40. The molecule has 0 spiro atoms. The quantitative estimate of drug-likeness (QED) is 0.721. The fourth-order valence-electron chi connectivity index (χ4n) is 4.26. The second kappa shape index (κ2) is 7.98. The number of halogens is 1. The van der Waals surface area contributed by atoms with Gasteiger partial charge in [0.25, 0.3) is 21.8 Å². The minimum atomic E-state index is -3.95. The average molecular weight is 430 g/mol. The second-order valence-corrected chi connectivity index (χ2v) is 9.20. The van der Waals surface area contributed by atoms with E-state index in [-0.39, 0.29) is 53.5 Å². The number of ether oxygens (including phenoxy) is 1. The van der Waals surface area contributed by atoms with Crippen molar-refractivity contribution in [1.82, 2.24) is 14.9 Å². The lowest BCUT2D eigenvalue weighted by atomic mass is 9.99. The second-order valence-electron chi connectivity index (χ2n) is 7.37. The molecule has 28 heavy (non-hydrogen) atoms. The number of sulfonamides is 1. The van der Waals surface area contributed by atoms with Crippen molar-refractivity contribution in [2.45, 2.75) is 48.7 Å². The molecule has 2 fully saturated rings. The first-order valence-electron chi connectivity index (χ1n) is 9.17. The van der Waals surface area contributed by atoms with E-state index in [0.717, 1.165) is 30.0 Å². The van der Waals surface area contributed by atoms with Crippen LogP contribution in [0.4, 0.5) is 0 Å². The van der Waals surface area contributed by atoms with Crippen molar-refractivity contribution in [2.75, 3.05) is 20.3 Å². The standard InChI is InChI=1S/C18H23N3O5S.ClH/c1-26-7-6-21-18(23)15-5-2-11(8-16(15)27(21,24)25)17(22)20-14-9-12-3-4-13(10-14)19-12;/h2,5,8,12-14,19H,3-4,6-7,9-10H2,1H3,(H,20,22);1H. The maximum Gasteiger partial charge on any atom is 0.269 e. The molecule has 2 atom stereocenters. The van der Waals surface area contributed by atoms with Crippen LogP contribution >= 0.6 is 12.4 Å². The molecule has 2 amide bonds. The summed E-state index contributed by atoms with van der Waals surface area (Å²) < 4.78 is 31.0. The summed E-state index contributed by atoms with van der Waals surface area (Å²) in [5.74, 6) is -0.883. The van der Waals surface area contributed by atoms with Gasteiger partial charge in [0.1, 0.15) is 4.90 Å². The summed E-state index contributed by atoms with van der Waals surface area (Å²) in [6, 6.07) is 5.21. The van der Waals surface area contributed by atoms with Gasteiger partial charge in [-0.15, -0.1) is 12.4 Å². The van der Waals surface area contributed by atoms with Crippen LogP contribution in [-0.4, -0.2) is 62.9 Å². The largest absolute Gasteiger partial charge is 0.383 e. The maximum absolute atomic E-state index is 12.7. The first-order valence-corrected chi connectivity index (χ1v) is 10.6. The summed E-state index contributed by atoms with van der Waals surface area (Å²) in [6.07, 6.45) is 4.03. The lowest BCUT2D eigenvalue weighted by Gasteiger charge is -2.29. The minimum absolute atomic E-state index is 0. The van der Waals surface area contributed by atoms with Crippen LogP contribution in [0.25, 0.3) is 0 Å². The van der Waals surface area contributed by atoms with Crippen LogP contribution in [0.2, 0.25) is 0 Å². The summed E-state index contributed by atoms with van der Waals surface area (Å²) in [6.45, 7) is 0.0656. The Morgan fingerprint density at radius 1 is 1.29 bits per heavy atom. The number of methoxy groups -OCH3 is 1. The highest BCUT2D eigenvalue weighted by atomic mass is 35.5. The third kappa shape index (κ3) is 3.63. The topological polar surface area (TPSA) is 105 Å². The summed E-state index contributed by atoms with van der Waals surface area (Å²) >= 11 is 0. The number of carbonyl (C=O) groups is 2. The van der Waals surface area contributed by atoms with Crippen molar-refractivity contribution in [1.29, 1.82) is 0 Å². The van der Waals surface area contributed by atoms with Gasteiger partial charge in [0, 0.05) is 30.8 Å². The van der Waals surface area contributed by atoms with Gasteiger partial charge in [-0.25, -0.2) is 12.7 Å². The van der Waals surface area contributed by atoms with Crippen LogP contribution in [0.1, 0.15) is 46.4 Å². The number of benzene rings is 1. The van der Waals surface area contributed by atoms with Gasteiger partial charge in [0.15, 0.2) is 0 Å². The van der Waals surface area contributed by atoms with Crippen molar-refractivity contribution in [2.24, 2.45) is 0 Å². The van der Waals surface area contributed by atoms with E-state index in [1.54, 1.807) is 0 Å². The monoisotopic (exact) mass is 429 g/mol. The Morgan fingerprint density at radius 2 is 1.96 bits per heavy atom. The van der Waals surface area contributed by atoms with Gasteiger partial charge >= 0.3 is 0 Å². The van der Waals surface area contributed by atoms with Crippen LogP contribution < -0.4 is 10.6 Å². The highest BCUT2D eigenvalue weighted by molar-refractivity contribution is 7.90. The van der Waals surface area contributed by atoms with Crippen molar-refractivity contribution in [3.63, 3.8) is 0 Å². The molecule has 0 aromatic heterocycles. The Kier molecular flexibility index (Phi) is 6.00. The van der Waals surface area contributed by atoms with Gasteiger partial charge in [-0.3, -0.25) is 9.59 Å². The minimum Gasteiger partial charge on any atom is -0.383 e. The van der Waals surface area contributed by atoms with E-state index in [1.165, 1.54) is 25.3 Å². The van der Waals surface area contributed by atoms with Crippen molar-refractivity contribution in [3.8, 4) is 0 Å². The van der Waals surface area contributed by atoms with Crippen molar-refractivity contribution in [3.05, 3.63) is 29.3 Å². The van der Waals surface area contributed by atoms with Gasteiger partial charge in [-0.05, 0) is 43.9 Å². The van der Waals surface area contributed by atoms with E-state index in [9.17, 15) is 18.0 Å². The zero-order valence-electron chi connectivity index (χ0n) is 15.5. The summed E-state index contributed by atoms with van der Waals surface area (Å²) in [5, 5.41) is 6.54. The van der Waals surface area contributed by atoms with Gasteiger partial charge in [0.05, 0.1) is 18.7 Å². The van der Waals surface area contributed by atoms with Crippen LogP contribution in [0, 0.1) is 0 Å². The molecule has 0 radical (unpaired) electrons. The number of amides is 2. The lowest BCUT2D eigenvalue weighted by Crippen LogP contribution is -2.48. The highest BCUT2D eigenvalue weighted by Gasteiger charge is 2.41. The molecule has 3 aliphatic heterocycles. The first-order chi connectivity index (χ1) is 12.9. The molecule has 1 aromatic rings. The number of carbonyl (C=O) groups excluding carboxylic acids is 2. The molecule has 10 heteroatoms. The van der Waals surface area contributed by atoms with Crippen LogP contribution in [0.5, 0.6) is 0 Å². The summed E-state index contributed by atoms with van der Waals surface area (Å²) in [5.41, 5.74) is 0.354. The molecule has 8 nitrogen and oxygen atoms in total. The van der Waals surface area contributed by atoms with Crippen molar-refractivity contribution < 1.29 is 22.7 Å². The number of rotatable bonds is 5. The van der Waals surface area contributed by atoms with Gasteiger partial charge in [0.2, 0.25) is 0 Å². The number of nitrogens with one attached hydrogen (secondary N) is 2. The molecule has 2 N–H and O–H groups in total. The Morgan fingerprint density at radius 3 is 2.61 bits per heavy atom. The molecule has 0 saturated carbocycles. The smallest absolute Gasteiger partial charge is 0.269 e. The summed E-state index contributed by atoms with van der Waals surface area (Å²) in [7, 11) is -2.51. The molecule has 2 unspecified atom stereocenters. The fraction of sp³-hybridized carbons (Fsp3) is 0.556. The maximum atomic E-state index is 12.7. The first kappa shape index (κ1) is 21.0. The predicted octanol–water partition coefficient (Wildman–Crippen LogP) is 0.912. The molecule has 4 rings (SSSR count). The van der Waals surface area contributed by atoms with Crippen LogP contribution in [0.15, 0.2) is 23.1 Å². The van der Waals surface area contributed by atoms with E-state index >= 15 is 0 Å². The normalized spacial score (nSPS) is 27.2. The number of hydrogen-bond acceptors (Lipinski definition) is 6. The van der Waals surface area contributed by atoms with Gasteiger partial charge < -0.3 is 15.4 Å². The van der Waals surface area contributed by atoms with Crippen LogP contribution in [-0.2, 0) is 14.8 Å². The Balaban J connectivity index is 0.00000225. The zero-order valence-corrected chi connectivity index (χ0v) is 17.1. The van der Waals surface area contributed by atoms with Crippen molar-refractivity contribution >= 4 is 34.2 Å². The number of fused-ring (bicyclic) bond motifs is 3. The van der Waals surface area contributed by atoms with E-state index in [1.807, 2.05) is 0 Å². The molecule has 1 aromatic carbocycles. The molecular formula is C18H24ClN3O5S. The molecule has 0 aliphatic carbocycles. The molecular weight excluding hydrogens is 406 g/mol. The number of piperidine rings is 1. The summed E-state index contributed by atoms with van der Waals surface area (Å²) in [4.78, 5) is 24.9. The molecule has 3 aliphatic rings. The zero-order chi connectivity index (χ0) is 19.2. The van der Waals surface area contributed by atoms with Crippen LogP contribution in [0.3, 0.4) is 0 Å². The Hall–Kier alpha value is -1.68. The number of hydrogen-bond donors (Lipinski definition) is 2. The third-order valence-electron chi connectivity index (χ3n) is 5.58. The average Bonchev–Trinajstić information content (AvgIpc) is 3.07. The Bertz CT molecular complexity index is 879. The molecule has 154 valence electrons. The molecule has 2 bridgehead atoms. The number of nitrogens with zero attached hydrogens (tertiary/aromatic N) is 1. The molecule has 3 heterocycles. The van der Waals surface area contributed by atoms with E-state index in [4.69, 9.17) is 4.74 Å². The predicted molar refractivity (Wildman–Crippen MR) is 104 cm³/mol. The van der Waals surface area contributed by atoms with Gasteiger partial charge in [-0.2, -0.15) is 0 Å². The Labute approximate surface area is 170 Å².